The highest BCUT2D eigenvalue weighted by molar-refractivity contribution is 14.1. The summed E-state index contributed by atoms with van der Waals surface area (Å²) in [6.45, 7) is 0. The first kappa shape index (κ1) is 13.2. The SMILES string of the molecule is O=C(O)c1ccc(Oc2ccc(I)cc2)cc1Cl. The monoisotopic (exact) mass is 374 g/mol. The molecule has 1 N–H and O–H groups in total. The lowest BCUT2D eigenvalue weighted by Crippen LogP contribution is -1.97. The molecule has 0 aromatic heterocycles. The van der Waals surface area contributed by atoms with E-state index in [-0.39, 0.29) is 10.6 Å². The van der Waals surface area contributed by atoms with Gasteiger partial charge in [-0.25, -0.2) is 4.79 Å². The molecule has 0 atom stereocenters. The summed E-state index contributed by atoms with van der Waals surface area (Å²) in [6.07, 6.45) is 0. The van der Waals surface area contributed by atoms with E-state index in [9.17, 15) is 4.79 Å². The lowest BCUT2D eigenvalue weighted by atomic mass is 10.2. The Hall–Kier alpha value is -1.27. The van der Waals surface area contributed by atoms with Gasteiger partial charge in [-0.15, -0.1) is 0 Å². The van der Waals surface area contributed by atoms with Crippen molar-refractivity contribution in [2.75, 3.05) is 0 Å². The van der Waals surface area contributed by atoms with Crippen LogP contribution in [0, 0.1) is 3.57 Å². The Labute approximate surface area is 122 Å². The van der Waals surface area contributed by atoms with Crippen LogP contribution >= 0.6 is 34.2 Å². The Bertz CT molecular complexity index is 581. The van der Waals surface area contributed by atoms with Crippen molar-refractivity contribution in [3.8, 4) is 11.5 Å². The molecule has 0 saturated carbocycles. The number of carboxylic acid groups (broad SMARTS) is 1. The zero-order valence-electron chi connectivity index (χ0n) is 9.06. The smallest absolute Gasteiger partial charge is 0.337 e. The predicted molar refractivity (Wildman–Crippen MR) is 77.6 cm³/mol. The van der Waals surface area contributed by atoms with E-state index in [1.54, 1.807) is 6.07 Å². The molecule has 0 aliphatic heterocycles. The molecule has 0 unspecified atom stereocenters. The van der Waals surface area contributed by atoms with Gasteiger partial charge in [0.2, 0.25) is 0 Å². The van der Waals surface area contributed by atoms with Gasteiger partial charge in [0, 0.05) is 9.64 Å². The molecule has 0 spiro atoms. The predicted octanol–water partition coefficient (Wildman–Crippen LogP) is 4.44. The van der Waals surface area contributed by atoms with Gasteiger partial charge in [-0.2, -0.15) is 0 Å². The first-order valence-electron chi connectivity index (χ1n) is 5.02. The molecular weight excluding hydrogens is 366 g/mol. The Morgan fingerprint density at radius 2 is 1.72 bits per heavy atom. The second-order valence-corrected chi connectivity index (χ2v) is 5.16. The minimum absolute atomic E-state index is 0.0617. The van der Waals surface area contributed by atoms with Crippen molar-refractivity contribution >= 4 is 40.2 Å². The largest absolute Gasteiger partial charge is 0.478 e. The molecule has 18 heavy (non-hydrogen) atoms. The number of halogens is 2. The van der Waals surface area contributed by atoms with Gasteiger partial charge in [-0.3, -0.25) is 0 Å². The van der Waals surface area contributed by atoms with Gasteiger partial charge in [0.1, 0.15) is 11.5 Å². The average Bonchev–Trinajstić information content (AvgIpc) is 2.32. The molecule has 0 amide bonds. The standard InChI is InChI=1S/C13H8ClIO3/c14-12-7-10(5-6-11(12)13(16)17)18-9-3-1-8(15)2-4-9/h1-7H,(H,16,17). The van der Waals surface area contributed by atoms with Gasteiger partial charge in [-0.05, 0) is 59.0 Å². The maximum absolute atomic E-state index is 10.8. The normalized spacial score (nSPS) is 10.1. The molecule has 0 aliphatic carbocycles. The second-order valence-electron chi connectivity index (χ2n) is 3.50. The zero-order chi connectivity index (χ0) is 13.1. The van der Waals surface area contributed by atoms with E-state index in [4.69, 9.17) is 21.4 Å². The third kappa shape index (κ3) is 3.14. The Kier molecular flexibility index (Phi) is 4.08. The summed E-state index contributed by atoms with van der Waals surface area (Å²) in [6, 6.07) is 12.0. The molecule has 5 heteroatoms. The third-order valence-corrected chi connectivity index (χ3v) is 3.25. The number of carboxylic acids is 1. The van der Waals surface area contributed by atoms with Crippen LogP contribution in [0.3, 0.4) is 0 Å². The fourth-order valence-electron chi connectivity index (χ4n) is 1.37. The maximum Gasteiger partial charge on any atom is 0.337 e. The molecule has 0 bridgehead atoms. The van der Waals surface area contributed by atoms with E-state index in [1.165, 1.54) is 12.1 Å². The van der Waals surface area contributed by atoms with Crippen LogP contribution in [0.5, 0.6) is 11.5 Å². The highest BCUT2D eigenvalue weighted by Crippen LogP contribution is 2.27. The summed E-state index contributed by atoms with van der Waals surface area (Å²) < 4.78 is 6.68. The van der Waals surface area contributed by atoms with Crippen LogP contribution < -0.4 is 4.74 Å². The minimum atomic E-state index is -1.05. The van der Waals surface area contributed by atoms with Crippen LogP contribution in [-0.2, 0) is 0 Å². The summed E-state index contributed by atoms with van der Waals surface area (Å²) in [5.41, 5.74) is 0.0617. The van der Waals surface area contributed by atoms with E-state index < -0.39 is 5.97 Å². The van der Waals surface area contributed by atoms with Crippen molar-refractivity contribution in [1.29, 1.82) is 0 Å². The van der Waals surface area contributed by atoms with E-state index in [1.807, 2.05) is 24.3 Å². The van der Waals surface area contributed by atoms with Crippen molar-refractivity contribution in [3.05, 3.63) is 56.6 Å². The van der Waals surface area contributed by atoms with Crippen molar-refractivity contribution in [1.82, 2.24) is 0 Å². The molecule has 0 radical (unpaired) electrons. The fraction of sp³-hybridized carbons (Fsp3) is 0. The van der Waals surface area contributed by atoms with Gasteiger partial charge in [0.05, 0.1) is 10.6 Å². The molecule has 3 nitrogen and oxygen atoms in total. The van der Waals surface area contributed by atoms with Crippen molar-refractivity contribution < 1.29 is 14.6 Å². The maximum atomic E-state index is 10.8. The summed E-state index contributed by atoms with van der Waals surface area (Å²) >= 11 is 8.06. The Balaban J connectivity index is 2.22. The quantitative estimate of drug-likeness (QED) is 0.808. The molecule has 92 valence electrons. The van der Waals surface area contributed by atoms with Crippen molar-refractivity contribution in [2.24, 2.45) is 0 Å². The topological polar surface area (TPSA) is 46.5 Å². The molecule has 0 fully saturated rings. The summed E-state index contributed by atoms with van der Waals surface area (Å²) in [7, 11) is 0. The number of hydrogen-bond acceptors (Lipinski definition) is 2. The summed E-state index contributed by atoms with van der Waals surface area (Å²) in [5.74, 6) is 0.126. The second kappa shape index (κ2) is 5.58. The molecule has 2 rings (SSSR count). The first-order chi connectivity index (χ1) is 8.56. The minimum Gasteiger partial charge on any atom is -0.478 e. The van der Waals surface area contributed by atoms with E-state index in [0.717, 1.165) is 3.57 Å². The van der Waals surface area contributed by atoms with Gasteiger partial charge < -0.3 is 9.84 Å². The van der Waals surface area contributed by atoms with E-state index >= 15 is 0 Å². The van der Waals surface area contributed by atoms with Crippen LogP contribution in [0.1, 0.15) is 10.4 Å². The van der Waals surface area contributed by atoms with Crippen molar-refractivity contribution in [2.45, 2.75) is 0 Å². The highest BCUT2D eigenvalue weighted by atomic mass is 127. The number of carbonyl (C=O) groups is 1. The lowest BCUT2D eigenvalue weighted by molar-refractivity contribution is 0.0697. The molecule has 0 aliphatic rings. The Morgan fingerprint density at radius 1 is 1.11 bits per heavy atom. The highest BCUT2D eigenvalue weighted by Gasteiger charge is 2.09. The number of benzene rings is 2. The van der Waals surface area contributed by atoms with Gasteiger partial charge in [0.15, 0.2) is 0 Å². The molecule has 2 aromatic rings. The van der Waals surface area contributed by atoms with Crippen LogP contribution in [0.4, 0.5) is 0 Å². The van der Waals surface area contributed by atoms with Crippen molar-refractivity contribution in [3.63, 3.8) is 0 Å². The summed E-state index contributed by atoms with van der Waals surface area (Å²) in [5, 5.41) is 9.01. The number of aromatic carboxylic acids is 1. The van der Waals surface area contributed by atoms with Crippen LogP contribution in [0.25, 0.3) is 0 Å². The summed E-state index contributed by atoms with van der Waals surface area (Å²) in [4.78, 5) is 10.8. The molecule has 0 saturated heterocycles. The van der Waals surface area contributed by atoms with Crippen LogP contribution in [0.2, 0.25) is 5.02 Å². The first-order valence-corrected chi connectivity index (χ1v) is 6.48. The molecular formula is C13H8ClIO3. The Morgan fingerprint density at radius 3 is 2.28 bits per heavy atom. The number of hydrogen-bond donors (Lipinski definition) is 1. The zero-order valence-corrected chi connectivity index (χ0v) is 12.0. The number of ether oxygens (including phenoxy) is 1. The van der Waals surface area contributed by atoms with Gasteiger partial charge >= 0.3 is 5.97 Å². The molecule has 0 heterocycles. The van der Waals surface area contributed by atoms with E-state index in [2.05, 4.69) is 22.6 Å². The van der Waals surface area contributed by atoms with Crippen LogP contribution in [0.15, 0.2) is 42.5 Å². The third-order valence-electron chi connectivity index (χ3n) is 2.22. The van der Waals surface area contributed by atoms with Gasteiger partial charge in [-0.1, -0.05) is 11.6 Å². The van der Waals surface area contributed by atoms with E-state index in [0.29, 0.717) is 11.5 Å². The fourth-order valence-corrected chi connectivity index (χ4v) is 1.98. The lowest BCUT2D eigenvalue weighted by Gasteiger charge is -2.07. The average molecular weight is 375 g/mol. The van der Waals surface area contributed by atoms with Gasteiger partial charge in [0.25, 0.3) is 0 Å². The number of rotatable bonds is 3. The van der Waals surface area contributed by atoms with Crippen LogP contribution in [-0.4, -0.2) is 11.1 Å². The molecule has 2 aromatic carbocycles.